The van der Waals surface area contributed by atoms with Crippen molar-refractivity contribution in [3.8, 4) is 0 Å². The number of nitrogens with one attached hydrogen (secondary N) is 1. The van der Waals surface area contributed by atoms with Gasteiger partial charge in [0.15, 0.2) is 0 Å². The van der Waals surface area contributed by atoms with E-state index in [9.17, 15) is 9.59 Å². The van der Waals surface area contributed by atoms with Crippen LogP contribution in [0.15, 0.2) is 18.2 Å². The van der Waals surface area contributed by atoms with Gasteiger partial charge in [-0.3, -0.25) is 4.79 Å². The van der Waals surface area contributed by atoms with Crippen molar-refractivity contribution in [1.82, 2.24) is 4.90 Å². The zero-order valence-electron chi connectivity index (χ0n) is 11.2. The van der Waals surface area contributed by atoms with Crippen molar-refractivity contribution in [2.24, 2.45) is 5.92 Å². The number of hydrogen-bond donors (Lipinski definition) is 2. The van der Waals surface area contributed by atoms with Crippen LogP contribution in [0, 0.1) is 5.92 Å². The molecular weight excluding hydrogens is 303 g/mol. The first-order valence-corrected chi connectivity index (χ1v) is 6.78. The largest absolute Gasteiger partial charge is 0.480 e. The summed E-state index contributed by atoms with van der Waals surface area (Å²) in [5, 5.41) is 12.2. The van der Waals surface area contributed by atoms with Crippen LogP contribution in [0.25, 0.3) is 0 Å². The number of urea groups is 1. The van der Waals surface area contributed by atoms with Crippen molar-refractivity contribution in [3.05, 3.63) is 28.2 Å². The third kappa shape index (κ3) is 5.27. The van der Waals surface area contributed by atoms with Crippen molar-refractivity contribution in [2.45, 2.75) is 13.8 Å². The van der Waals surface area contributed by atoms with Crippen molar-refractivity contribution >= 4 is 40.9 Å². The highest BCUT2D eigenvalue weighted by atomic mass is 35.5. The van der Waals surface area contributed by atoms with Gasteiger partial charge in [-0.2, -0.15) is 0 Å². The van der Waals surface area contributed by atoms with Gasteiger partial charge in [0.25, 0.3) is 0 Å². The molecule has 0 saturated carbocycles. The molecule has 0 unspecified atom stereocenters. The summed E-state index contributed by atoms with van der Waals surface area (Å²) in [4.78, 5) is 24.1. The summed E-state index contributed by atoms with van der Waals surface area (Å²) in [7, 11) is 0. The Labute approximate surface area is 127 Å². The Bertz CT molecular complexity index is 506. The van der Waals surface area contributed by atoms with Crippen molar-refractivity contribution in [2.75, 3.05) is 18.4 Å². The van der Waals surface area contributed by atoms with Gasteiger partial charge in [-0.25, -0.2) is 4.79 Å². The Morgan fingerprint density at radius 2 is 2.00 bits per heavy atom. The van der Waals surface area contributed by atoms with Gasteiger partial charge < -0.3 is 15.3 Å². The summed E-state index contributed by atoms with van der Waals surface area (Å²) in [6.45, 7) is 3.75. The summed E-state index contributed by atoms with van der Waals surface area (Å²) in [6, 6.07) is 4.15. The number of halogens is 2. The number of carboxylic acids is 1. The Morgan fingerprint density at radius 3 is 2.55 bits per heavy atom. The van der Waals surface area contributed by atoms with E-state index in [1.54, 1.807) is 12.1 Å². The van der Waals surface area contributed by atoms with E-state index in [0.29, 0.717) is 22.3 Å². The highest BCUT2D eigenvalue weighted by Gasteiger charge is 2.18. The van der Waals surface area contributed by atoms with Crippen LogP contribution < -0.4 is 5.32 Å². The van der Waals surface area contributed by atoms with E-state index >= 15 is 0 Å². The maximum atomic E-state index is 12.1. The molecule has 0 bridgehead atoms. The second kappa shape index (κ2) is 7.36. The number of carboxylic acid groups (broad SMARTS) is 1. The number of carbonyl (C=O) groups is 2. The number of rotatable bonds is 5. The third-order valence-corrected chi connectivity index (χ3v) is 2.93. The van der Waals surface area contributed by atoms with Gasteiger partial charge in [-0.1, -0.05) is 37.0 Å². The predicted octanol–water partition coefficient (Wildman–Crippen LogP) is 3.57. The van der Waals surface area contributed by atoms with Gasteiger partial charge >= 0.3 is 12.0 Å². The molecule has 0 atom stereocenters. The fourth-order valence-electron chi connectivity index (χ4n) is 1.61. The number of carbonyl (C=O) groups excluding carboxylic acids is 1. The molecule has 0 aromatic heterocycles. The van der Waals surface area contributed by atoms with E-state index in [2.05, 4.69) is 5.32 Å². The van der Waals surface area contributed by atoms with Crippen LogP contribution in [-0.2, 0) is 4.79 Å². The Morgan fingerprint density at radius 1 is 1.35 bits per heavy atom. The Hall–Kier alpha value is -1.46. The first-order valence-electron chi connectivity index (χ1n) is 6.02. The Kier molecular flexibility index (Phi) is 6.10. The van der Waals surface area contributed by atoms with Crippen LogP contribution in [0.4, 0.5) is 10.5 Å². The van der Waals surface area contributed by atoms with Crippen LogP contribution in [0.5, 0.6) is 0 Å². The first-order chi connectivity index (χ1) is 9.29. The predicted molar refractivity (Wildman–Crippen MR) is 79.5 cm³/mol. The third-order valence-electron chi connectivity index (χ3n) is 2.37. The molecule has 0 aliphatic heterocycles. The molecule has 1 aromatic rings. The van der Waals surface area contributed by atoms with Crippen LogP contribution in [0.1, 0.15) is 13.8 Å². The minimum atomic E-state index is -1.07. The molecule has 110 valence electrons. The van der Waals surface area contributed by atoms with Gasteiger partial charge in [0, 0.05) is 11.6 Å². The number of benzene rings is 1. The highest BCUT2D eigenvalue weighted by molar-refractivity contribution is 6.35. The molecule has 0 spiro atoms. The second-order valence-corrected chi connectivity index (χ2v) is 5.57. The van der Waals surface area contributed by atoms with E-state index in [1.165, 1.54) is 11.0 Å². The maximum absolute atomic E-state index is 12.1. The number of nitrogens with zero attached hydrogens (tertiary/aromatic N) is 1. The van der Waals surface area contributed by atoms with Gasteiger partial charge in [-0.15, -0.1) is 0 Å². The first kappa shape index (κ1) is 16.6. The summed E-state index contributed by atoms with van der Waals surface area (Å²) in [6.07, 6.45) is 0. The molecule has 7 heteroatoms. The van der Waals surface area contributed by atoms with Gasteiger partial charge in [0.1, 0.15) is 6.54 Å². The van der Waals surface area contributed by atoms with Gasteiger partial charge in [0.2, 0.25) is 0 Å². The minimum Gasteiger partial charge on any atom is -0.480 e. The molecule has 2 N–H and O–H groups in total. The van der Waals surface area contributed by atoms with E-state index in [0.717, 1.165) is 0 Å². The van der Waals surface area contributed by atoms with E-state index in [4.69, 9.17) is 28.3 Å². The zero-order valence-corrected chi connectivity index (χ0v) is 12.7. The number of hydrogen-bond acceptors (Lipinski definition) is 2. The normalized spacial score (nSPS) is 10.4. The Balaban J connectivity index is 2.84. The average molecular weight is 319 g/mol. The zero-order chi connectivity index (χ0) is 15.3. The minimum absolute atomic E-state index is 0.148. The van der Waals surface area contributed by atoms with Gasteiger partial charge in [-0.05, 0) is 24.1 Å². The molecule has 1 aromatic carbocycles. The smallest absolute Gasteiger partial charge is 0.323 e. The van der Waals surface area contributed by atoms with Crippen LogP contribution in [0.3, 0.4) is 0 Å². The van der Waals surface area contributed by atoms with Crippen LogP contribution in [0.2, 0.25) is 10.0 Å². The summed E-state index contributed by atoms with van der Waals surface area (Å²) in [5.74, 6) is -0.923. The molecule has 1 rings (SSSR count). The molecule has 0 aliphatic carbocycles. The van der Waals surface area contributed by atoms with E-state index in [-0.39, 0.29) is 12.5 Å². The fourth-order valence-corrected chi connectivity index (χ4v) is 1.95. The summed E-state index contributed by atoms with van der Waals surface area (Å²) < 4.78 is 0. The van der Waals surface area contributed by atoms with Crippen molar-refractivity contribution < 1.29 is 14.7 Å². The van der Waals surface area contributed by atoms with Crippen LogP contribution in [-0.4, -0.2) is 35.1 Å². The molecule has 5 nitrogen and oxygen atoms in total. The lowest BCUT2D eigenvalue weighted by atomic mass is 10.2. The molecular formula is C13H16Cl2N2O3. The van der Waals surface area contributed by atoms with Gasteiger partial charge in [0.05, 0.1) is 10.7 Å². The van der Waals surface area contributed by atoms with Crippen molar-refractivity contribution in [1.29, 1.82) is 0 Å². The molecule has 0 radical (unpaired) electrons. The lowest BCUT2D eigenvalue weighted by Crippen LogP contribution is -2.41. The maximum Gasteiger partial charge on any atom is 0.323 e. The monoisotopic (exact) mass is 318 g/mol. The molecule has 0 aliphatic rings. The summed E-state index contributed by atoms with van der Waals surface area (Å²) >= 11 is 11.8. The SMILES string of the molecule is CC(C)CN(CC(=O)O)C(=O)Nc1cc(Cl)ccc1Cl. The molecule has 2 amide bonds. The summed E-state index contributed by atoms with van der Waals surface area (Å²) in [5.41, 5.74) is 0.350. The molecule has 0 heterocycles. The molecule has 0 fully saturated rings. The lowest BCUT2D eigenvalue weighted by Gasteiger charge is -2.23. The molecule has 20 heavy (non-hydrogen) atoms. The second-order valence-electron chi connectivity index (χ2n) is 4.72. The average Bonchev–Trinajstić information content (AvgIpc) is 2.31. The van der Waals surface area contributed by atoms with Crippen LogP contribution >= 0.6 is 23.2 Å². The van der Waals surface area contributed by atoms with E-state index < -0.39 is 12.0 Å². The number of aliphatic carboxylic acids is 1. The standard InChI is InChI=1S/C13H16Cl2N2O3/c1-8(2)6-17(7-12(18)19)13(20)16-11-5-9(14)3-4-10(11)15/h3-5,8H,6-7H2,1-2H3,(H,16,20)(H,18,19). The topological polar surface area (TPSA) is 69.6 Å². The number of amides is 2. The van der Waals surface area contributed by atoms with Crippen molar-refractivity contribution in [3.63, 3.8) is 0 Å². The number of anilines is 1. The van der Waals surface area contributed by atoms with E-state index in [1.807, 2.05) is 13.8 Å². The highest BCUT2D eigenvalue weighted by Crippen LogP contribution is 2.25. The molecule has 0 saturated heterocycles. The quantitative estimate of drug-likeness (QED) is 0.872. The fraction of sp³-hybridized carbons (Fsp3) is 0.385. The lowest BCUT2D eigenvalue weighted by molar-refractivity contribution is -0.137.